The van der Waals surface area contributed by atoms with Crippen molar-refractivity contribution in [1.29, 1.82) is 0 Å². The van der Waals surface area contributed by atoms with Crippen LogP contribution in [0.5, 0.6) is 5.75 Å². The maximum Gasteiger partial charge on any atom is 0.312 e. The van der Waals surface area contributed by atoms with Crippen molar-refractivity contribution in [3.63, 3.8) is 0 Å². The molecule has 3 amide bonds. The number of primary amides is 1. The first kappa shape index (κ1) is 20.0. The molecule has 0 aliphatic rings. The number of carbonyl (C=O) groups excluding carboxylic acids is 2. The summed E-state index contributed by atoms with van der Waals surface area (Å²) in [5.74, 6) is -0.930. The molecule has 0 saturated carbocycles. The zero-order chi connectivity index (χ0) is 20.0. The van der Waals surface area contributed by atoms with E-state index in [1.165, 1.54) is 25.3 Å². The molecule has 2 rings (SSSR count). The van der Waals surface area contributed by atoms with Crippen molar-refractivity contribution in [3.05, 3.63) is 48.3 Å². The number of hydrogen-bond acceptors (Lipinski definition) is 5. The van der Waals surface area contributed by atoms with Crippen molar-refractivity contribution in [1.82, 2.24) is 5.32 Å². The molecule has 0 heterocycles. The van der Waals surface area contributed by atoms with Gasteiger partial charge in [-0.05, 0) is 42.5 Å². The van der Waals surface area contributed by atoms with Crippen LogP contribution in [0.25, 0.3) is 0 Å². The van der Waals surface area contributed by atoms with E-state index in [0.717, 1.165) is 24.3 Å². The van der Waals surface area contributed by atoms with Crippen molar-refractivity contribution in [3.8, 4) is 5.75 Å². The molecule has 0 fully saturated rings. The highest BCUT2D eigenvalue weighted by Crippen LogP contribution is 2.30. The number of hydrogen-bond donors (Lipinski definition) is 4. The molecule has 0 aromatic heterocycles. The minimum Gasteiger partial charge on any atom is -0.495 e. The predicted molar refractivity (Wildman–Crippen MR) is 96.4 cm³/mol. The lowest BCUT2D eigenvalue weighted by molar-refractivity contribution is -0.115. The number of anilines is 2. The SMILES string of the molecule is COc1ccc(NC(=O)CNC(N)=O)cc1NS(=O)(=O)c1ccc(F)cc1. The standard InChI is InChI=1S/C16H17FN4O5S/c1-26-14-7-4-11(20-15(22)9-19-16(18)23)8-13(14)21-27(24,25)12-5-2-10(17)3-6-12/h2-8,21H,9H2,1H3,(H,20,22)(H3,18,19,23). The van der Waals surface area contributed by atoms with E-state index in [-0.39, 0.29) is 28.6 Å². The van der Waals surface area contributed by atoms with Gasteiger partial charge in [-0.25, -0.2) is 17.6 Å². The minimum absolute atomic E-state index is 0.0579. The number of urea groups is 1. The largest absolute Gasteiger partial charge is 0.495 e. The molecular formula is C16H17FN4O5S. The van der Waals surface area contributed by atoms with Crippen LogP contribution in [-0.4, -0.2) is 34.0 Å². The Hall–Kier alpha value is -3.34. The Morgan fingerprint density at radius 1 is 1.15 bits per heavy atom. The maximum atomic E-state index is 13.0. The number of methoxy groups -OCH3 is 1. The summed E-state index contributed by atoms with van der Waals surface area (Å²) in [4.78, 5) is 22.2. The Labute approximate surface area is 154 Å². The summed E-state index contributed by atoms with van der Waals surface area (Å²) in [6.07, 6.45) is 0. The van der Waals surface area contributed by atoms with Crippen molar-refractivity contribution in [2.24, 2.45) is 5.73 Å². The number of nitrogens with one attached hydrogen (secondary N) is 3. The van der Waals surface area contributed by atoms with Gasteiger partial charge in [0.05, 0.1) is 24.2 Å². The number of amides is 3. The van der Waals surface area contributed by atoms with Crippen LogP contribution in [0.1, 0.15) is 0 Å². The summed E-state index contributed by atoms with van der Waals surface area (Å²) in [6.45, 7) is -0.349. The van der Waals surface area contributed by atoms with Gasteiger partial charge in [0.1, 0.15) is 11.6 Å². The Morgan fingerprint density at radius 3 is 2.41 bits per heavy atom. The molecule has 0 saturated heterocycles. The highest BCUT2D eigenvalue weighted by molar-refractivity contribution is 7.92. The average Bonchev–Trinajstić information content (AvgIpc) is 2.60. The van der Waals surface area contributed by atoms with Crippen LogP contribution < -0.4 is 25.8 Å². The number of carbonyl (C=O) groups is 2. The fraction of sp³-hybridized carbons (Fsp3) is 0.125. The van der Waals surface area contributed by atoms with Crippen molar-refractivity contribution < 1.29 is 27.1 Å². The van der Waals surface area contributed by atoms with Gasteiger partial charge < -0.3 is 21.1 Å². The summed E-state index contributed by atoms with van der Waals surface area (Å²) in [7, 11) is -2.66. The first-order valence-electron chi connectivity index (χ1n) is 7.51. The highest BCUT2D eigenvalue weighted by Gasteiger charge is 2.17. The van der Waals surface area contributed by atoms with E-state index in [9.17, 15) is 22.4 Å². The molecule has 9 nitrogen and oxygen atoms in total. The fourth-order valence-electron chi connectivity index (χ4n) is 2.06. The molecule has 144 valence electrons. The summed E-state index contributed by atoms with van der Waals surface area (Å²) in [6, 6.07) is 7.68. The molecule has 11 heteroatoms. The second-order valence-electron chi connectivity index (χ2n) is 5.24. The normalized spacial score (nSPS) is 10.7. The van der Waals surface area contributed by atoms with E-state index < -0.39 is 27.8 Å². The van der Waals surface area contributed by atoms with Crippen LogP contribution in [0.15, 0.2) is 47.4 Å². The maximum absolute atomic E-state index is 13.0. The van der Waals surface area contributed by atoms with E-state index in [4.69, 9.17) is 10.5 Å². The molecule has 0 unspecified atom stereocenters. The third-order valence-corrected chi connectivity index (χ3v) is 4.66. The third kappa shape index (κ3) is 5.57. The van der Waals surface area contributed by atoms with Crippen LogP contribution in [0.2, 0.25) is 0 Å². The van der Waals surface area contributed by atoms with Crippen LogP contribution >= 0.6 is 0 Å². The molecular weight excluding hydrogens is 379 g/mol. The van der Waals surface area contributed by atoms with Gasteiger partial charge in [-0.2, -0.15) is 0 Å². The summed E-state index contributed by atoms with van der Waals surface area (Å²) >= 11 is 0. The first-order chi connectivity index (χ1) is 12.7. The smallest absolute Gasteiger partial charge is 0.312 e. The van der Waals surface area contributed by atoms with Gasteiger partial charge in [0.25, 0.3) is 10.0 Å². The zero-order valence-electron chi connectivity index (χ0n) is 14.2. The lowest BCUT2D eigenvalue weighted by Crippen LogP contribution is -2.36. The summed E-state index contributed by atoms with van der Waals surface area (Å²) in [5, 5.41) is 4.60. The first-order valence-corrected chi connectivity index (χ1v) is 8.99. The monoisotopic (exact) mass is 396 g/mol. The van der Waals surface area contributed by atoms with Crippen LogP contribution in [0, 0.1) is 5.82 Å². The second-order valence-corrected chi connectivity index (χ2v) is 6.92. The van der Waals surface area contributed by atoms with Gasteiger partial charge in [0.15, 0.2) is 0 Å². The molecule has 0 bridgehead atoms. The van der Waals surface area contributed by atoms with Gasteiger partial charge in [-0.3, -0.25) is 9.52 Å². The lowest BCUT2D eigenvalue weighted by Gasteiger charge is -2.14. The molecule has 0 spiro atoms. The lowest BCUT2D eigenvalue weighted by atomic mass is 10.2. The minimum atomic E-state index is -4.01. The molecule has 5 N–H and O–H groups in total. The van der Waals surface area contributed by atoms with Crippen molar-refractivity contribution >= 4 is 33.3 Å². The molecule has 2 aromatic carbocycles. The number of sulfonamides is 1. The second kappa shape index (κ2) is 8.36. The Bertz CT molecular complexity index is 948. The quantitative estimate of drug-likeness (QED) is 0.558. The van der Waals surface area contributed by atoms with Gasteiger partial charge in [-0.1, -0.05) is 0 Å². The highest BCUT2D eigenvalue weighted by atomic mass is 32.2. The van der Waals surface area contributed by atoms with E-state index in [1.54, 1.807) is 0 Å². The van der Waals surface area contributed by atoms with E-state index >= 15 is 0 Å². The number of rotatable bonds is 7. The average molecular weight is 396 g/mol. The fourth-order valence-corrected chi connectivity index (χ4v) is 3.12. The Kier molecular flexibility index (Phi) is 6.19. The Balaban J connectivity index is 2.23. The summed E-state index contributed by atoms with van der Waals surface area (Å²) < 4.78 is 45.3. The zero-order valence-corrected chi connectivity index (χ0v) is 15.0. The van der Waals surface area contributed by atoms with Crippen LogP contribution in [0.4, 0.5) is 20.6 Å². The molecule has 2 aromatic rings. The molecule has 0 aliphatic heterocycles. The van der Waals surface area contributed by atoms with Crippen LogP contribution in [-0.2, 0) is 14.8 Å². The van der Waals surface area contributed by atoms with E-state index in [0.29, 0.717) is 0 Å². The van der Waals surface area contributed by atoms with E-state index in [2.05, 4.69) is 15.4 Å². The van der Waals surface area contributed by atoms with Crippen molar-refractivity contribution in [2.45, 2.75) is 4.90 Å². The molecule has 0 atom stereocenters. The summed E-state index contributed by atoms with van der Waals surface area (Å²) in [5.41, 5.74) is 5.19. The van der Waals surface area contributed by atoms with Gasteiger partial charge >= 0.3 is 6.03 Å². The van der Waals surface area contributed by atoms with Gasteiger partial charge in [0, 0.05) is 5.69 Å². The number of nitrogens with two attached hydrogens (primary N) is 1. The topological polar surface area (TPSA) is 140 Å². The number of benzene rings is 2. The van der Waals surface area contributed by atoms with Gasteiger partial charge in [-0.15, -0.1) is 0 Å². The molecule has 0 radical (unpaired) electrons. The van der Waals surface area contributed by atoms with Crippen LogP contribution in [0.3, 0.4) is 0 Å². The number of halogens is 1. The Morgan fingerprint density at radius 2 is 1.81 bits per heavy atom. The molecule has 0 aliphatic carbocycles. The van der Waals surface area contributed by atoms with Crippen molar-refractivity contribution in [2.75, 3.05) is 23.7 Å². The number of ether oxygens (including phenoxy) is 1. The third-order valence-electron chi connectivity index (χ3n) is 3.27. The predicted octanol–water partition coefficient (Wildman–Crippen LogP) is 1.24. The molecule has 27 heavy (non-hydrogen) atoms. The van der Waals surface area contributed by atoms with Gasteiger partial charge in [0.2, 0.25) is 5.91 Å². The van der Waals surface area contributed by atoms with E-state index in [1.807, 2.05) is 0 Å².